The van der Waals surface area contributed by atoms with E-state index in [0.29, 0.717) is 11.8 Å². The van der Waals surface area contributed by atoms with Gasteiger partial charge in [-0.1, -0.05) is 174 Å². The fraction of sp³-hybridized carbons (Fsp3) is 0.276. The second kappa shape index (κ2) is 24.3. The van der Waals surface area contributed by atoms with Crippen LogP contribution in [-0.2, 0) is 33.7 Å². The summed E-state index contributed by atoms with van der Waals surface area (Å²) in [5.74, 6) is 1.26. The van der Waals surface area contributed by atoms with Crippen LogP contribution >= 0.6 is 17.0 Å². The molecule has 0 fully saturated rings. The molecular formula is C58H61Cl2SiZr-3. The minimum absolute atomic E-state index is 0.630. The maximum absolute atomic E-state index is 4.93. The fourth-order valence-corrected chi connectivity index (χ4v) is 9.80. The molecule has 0 aromatic heterocycles. The molecule has 1 heterocycles. The fourth-order valence-electron chi connectivity index (χ4n) is 8.49. The minimum atomic E-state index is -0.826. The van der Waals surface area contributed by atoms with Crippen molar-refractivity contribution in [2.75, 3.05) is 0 Å². The monoisotopic (exact) mass is 945 g/mol. The average Bonchev–Trinajstić information content (AvgIpc) is 4.06. The van der Waals surface area contributed by atoms with Gasteiger partial charge in [-0.2, -0.15) is 41.6 Å². The first kappa shape index (κ1) is 47.7. The van der Waals surface area contributed by atoms with Crippen molar-refractivity contribution in [1.82, 2.24) is 0 Å². The minimum Gasteiger partial charge on any atom is -0.184 e. The Labute approximate surface area is 394 Å². The van der Waals surface area contributed by atoms with Crippen molar-refractivity contribution in [2.24, 2.45) is 0 Å². The van der Waals surface area contributed by atoms with E-state index in [1.807, 2.05) is 6.07 Å². The molecule has 1 aliphatic rings. The summed E-state index contributed by atoms with van der Waals surface area (Å²) in [5, 5.41) is 8.40. The van der Waals surface area contributed by atoms with Gasteiger partial charge in [0.25, 0.3) is 0 Å². The summed E-state index contributed by atoms with van der Waals surface area (Å²) < 4.78 is 0. The SMILES string of the molecule is CCCCc1ccccc1-c1cccc2[cH-]c(C(C)CC)cc12.CCCCc1ccccc1-c1cccc2[cH-]c(C(C)CC)cc12.[Cl][Zr][Cl].[c-]1cccc2c1[Si]c1ccccc1-2. The van der Waals surface area contributed by atoms with Crippen LogP contribution in [0.4, 0.5) is 0 Å². The number of hydrogen-bond donors (Lipinski definition) is 0. The first-order valence-electron chi connectivity index (χ1n) is 22.7. The topological polar surface area (TPSA) is 0 Å². The Balaban J connectivity index is 0.000000155. The van der Waals surface area contributed by atoms with E-state index in [2.05, 4.69) is 193 Å². The molecule has 62 heavy (non-hydrogen) atoms. The van der Waals surface area contributed by atoms with Crippen LogP contribution in [0.15, 0.2) is 152 Å². The Morgan fingerprint density at radius 3 is 1.45 bits per heavy atom. The molecule has 8 aromatic carbocycles. The Kier molecular flexibility index (Phi) is 18.7. The van der Waals surface area contributed by atoms with Gasteiger partial charge in [-0.15, -0.1) is 74.6 Å². The standard InChI is InChI=1S/2C23H27.C12H7Si.2ClH.Zr/c2*1-4-6-10-18-11-7-8-13-21(18)22-14-9-12-19-15-20(16-23(19)22)17(3)5-2;1-3-7-11-9(5-1)10-6-2-4-8-12(10)13-11;;;/h2*7-9,11-17H,4-6,10H2,1-3H3;1-7H;2*1H;/q3*-1;;;+2/p-2. The summed E-state index contributed by atoms with van der Waals surface area (Å²) in [6.07, 6.45) is 9.72. The molecule has 8 aromatic rings. The van der Waals surface area contributed by atoms with Gasteiger partial charge in [0, 0.05) is 0 Å². The van der Waals surface area contributed by atoms with Gasteiger partial charge in [-0.3, -0.25) is 0 Å². The van der Waals surface area contributed by atoms with Gasteiger partial charge in [0.15, 0.2) is 0 Å². The molecule has 2 unspecified atom stereocenters. The van der Waals surface area contributed by atoms with Crippen LogP contribution in [0.2, 0.25) is 0 Å². The zero-order valence-electron chi connectivity index (χ0n) is 37.5. The summed E-state index contributed by atoms with van der Waals surface area (Å²) in [7, 11) is 10.7. The predicted molar refractivity (Wildman–Crippen MR) is 272 cm³/mol. The molecular weight excluding hydrogens is 887 g/mol. The van der Waals surface area contributed by atoms with Crippen LogP contribution in [0.25, 0.3) is 54.9 Å². The zero-order chi connectivity index (χ0) is 43.8. The van der Waals surface area contributed by atoms with E-state index in [1.54, 1.807) is 0 Å². The molecule has 2 atom stereocenters. The molecule has 0 amide bonds. The summed E-state index contributed by atoms with van der Waals surface area (Å²) >= 11 is -0.826. The van der Waals surface area contributed by atoms with Crippen molar-refractivity contribution in [3.63, 3.8) is 0 Å². The molecule has 318 valence electrons. The molecule has 0 nitrogen and oxygen atoms in total. The molecule has 4 heteroatoms. The molecule has 0 saturated carbocycles. The van der Waals surface area contributed by atoms with Crippen molar-refractivity contribution >= 4 is 58.5 Å². The van der Waals surface area contributed by atoms with Crippen molar-refractivity contribution in [3.8, 4) is 33.4 Å². The molecule has 0 saturated heterocycles. The van der Waals surface area contributed by atoms with E-state index in [0.717, 1.165) is 9.52 Å². The molecule has 2 radical (unpaired) electrons. The van der Waals surface area contributed by atoms with E-state index in [4.69, 9.17) is 17.0 Å². The third-order valence-electron chi connectivity index (χ3n) is 12.5. The summed E-state index contributed by atoms with van der Waals surface area (Å²) in [6, 6.07) is 59.1. The molecule has 0 bridgehead atoms. The number of hydrogen-bond acceptors (Lipinski definition) is 0. The van der Waals surface area contributed by atoms with Crippen molar-refractivity contribution in [3.05, 3.63) is 180 Å². The predicted octanol–water partition coefficient (Wildman–Crippen LogP) is 16.7. The number of rotatable bonds is 12. The van der Waals surface area contributed by atoms with E-state index in [1.165, 1.54) is 139 Å². The molecule has 9 rings (SSSR count). The Hall–Kier alpha value is -3.78. The summed E-state index contributed by atoms with van der Waals surface area (Å²) in [6.45, 7) is 13.7. The number of aryl methyl sites for hydroxylation is 2. The Bertz CT molecular complexity index is 2430. The van der Waals surface area contributed by atoms with Crippen LogP contribution in [-0.4, -0.2) is 9.52 Å². The van der Waals surface area contributed by atoms with Crippen LogP contribution in [0.5, 0.6) is 0 Å². The van der Waals surface area contributed by atoms with E-state index >= 15 is 0 Å². The number of unbranched alkanes of at least 4 members (excludes halogenated alkanes) is 2. The van der Waals surface area contributed by atoms with E-state index in [9.17, 15) is 0 Å². The van der Waals surface area contributed by atoms with Gasteiger partial charge in [0.1, 0.15) is 0 Å². The second-order valence-corrected chi connectivity index (χ2v) is 21.6. The largest absolute Gasteiger partial charge is 0.184 e. The second-order valence-electron chi connectivity index (χ2n) is 16.5. The number of benzene rings is 6. The maximum atomic E-state index is 4.93. The summed E-state index contributed by atoms with van der Waals surface area (Å²) in [4.78, 5) is 0. The number of fused-ring (bicyclic) bond motifs is 5. The van der Waals surface area contributed by atoms with Crippen LogP contribution < -0.4 is 10.4 Å². The van der Waals surface area contributed by atoms with E-state index in [-0.39, 0.29) is 0 Å². The van der Waals surface area contributed by atoms with Gasteiger partial charge in [0.2, 0.25) is 0 Å². The van der Waals surface area contributed by atoms with Crippen LogP contribution in [0.1, 0.15) is 114 Å². The third-order valence-corrected chi connectivity index (χ3v) is 13.8. The number of halogens is 2. The molecule has 0 N–H and O–H groups in total. The zero-order valence-corrected chi connectivity index (χ0v) is 42.5. The quantitative estimate of drug-likeness (QED) is 0.0846. The van der Waals surface area contributed by atoms with Crippen molar-refractivity contribution < 1.29 is 20.8 Å². The van der Waals surface area contributed by atoms with E-state index < -0.39 is 20.8 Å². The smallest absolute Gasteiger partial charge is 0.0920 e. The van der Waals surface area contributed by atoms with Crippen molar-refractivity contribution in [2.45, 2.75) is 105 Å². The first-order chi connectivity index (χ1) is 30.3. The van der Waals surface area contributed by atoms with Gasteiger partial charge >= 0.3 is 37.9 Å². The normalized spacial score (nSPS) is 12.2. The van der Waals surface area contributed by atoms with Crippen molar-refractivity contribution in [1.29, 1.82) is 0 Å². The van der Waals surface area contributed by atoms with Gasteiger partial charge in [0.05, 0.1) is 9.52 Å². The van der Waals surface area contributed by atoms with Crippen LogP contribution in [0, 0.1) is 6.07 Å². The Morgan fingerprint density at radius 2 is 0.968 bits per heavy atom. The molecule has 0 spiro atoms. The Morgan fingerprint density at radius 1 is 0.532 bits per heavy atom. The first-order valence-corrected chi connectivity index (χ1v) is 30.1. The van der Waals surface area contributed by atoms with Crippen LogP contribution in [0.3, 0.4) is 0 Å². The third kappa shape index (κ3) is 11.9. The molecule has 0 aliphatic carbocycles. The van der Waals surface area contributed by atoms with Gasteiger partial charge < -0.3 is 0 Å². The van der Waals surface area contributed by atoms with Gasteiger partial charge in [-0.05, 0) is 59.8 Å². The average molecular weight is 948 g/mol. The molecule has 1 aliphatic heterocycles. The maximum Gasteiger partial charge on any atom is 0.0920 e. The summed E-state index contributed by atoms with van der Waals surface area (Å²) in [5.41, 5.74) is 14.3. The van der Waals surface area contributed by atoms with Gasteiger partial charge in [-0.25, -0.2) is 0 Å².